The predicted octanol–water partition coefficient (Wildman–Crippen LogP) is 2.92. The number of nitrogens with zero attached hydrogens (tertiary/aromatic N) is 1. The highest BCUT2D eigenvalue weighted by Crippen LogP contribution is 2.24. The van der Waals surface area contributed by atoms with Gasteiger partial charge in [0.2, 0.25) is 5.56 Å². The molecule has 1 aromatic carbocycles. The molecular weight excluding hydrogens is 288 g/mol. The Bertz CT molecular complexity index is 881. The minimum Gasteiger partial charge on any atom is -0.355 e. The Morgan fingerprint density at radius 1 is 1.09 bits per heavy atom. The molecule has 116 valence electrons. The van der Waals surface area contributed by atoms with Crippen LogP contribution >= 0.6 is 0 Å². The van der Waals surface area contributed by atoms with E-state index in [2.05, 4.69) is 44.9 Å². The highest BCUT2D eigenvalue weighted by molar-refractivity contribution is 5.90. The lowest BCUT2D eigenvalue weighted by atomic mass is 10.2. The molecule has 4 rings (SSSR count). The van der Waals surface area contributed by atoms with E-state index >= 15 is 0 Å². The number of aromatic amines is 1. The van der Waals surface area contributed by atoms with Crippen LogP contribution in [0.3, 0.4) is 0 Å². The normalized spacial score (nSPS) is 14.1. The Kier molecular flexibility index (Phi) is 3.55. The lowest BCUT2D eigenvalue weighted by molar-refractivity contribution is 0.688. The first-order valence-electron chi connectivity index (χ1n) is 7.85. The lowest BCUT2D eigenvalue weighted by Crippen LogP contribution is -2.15. The van der Waals surface area contributed by atoms with Crippen LogP contribution in [0.15, 0.2) is 53.5 Å². The maximum Gasteiger partial charge on any atom is 0.249 e. The number of pyridine rings is 2. The van der Waals surface area contributed by atoms with E-state index in [0.29, 0.717) is 5.65 Å². The highest BCUT2D eigenvalue weighted by Gasteiger charge is 2.19. The average Bonchev–Trinajstić information content (AvgIpc) is 3.38. The molecule has 0 aliphatic heterocycles. The van der Waals surface area contributed by atoms with Gasteiger partial charge in [-0.1, -0.05) is 12.1 Å². The number of hydrogen-bond donors (Lipinski definition) is 3. The van der Waals surface area contributed by atoms with Crippen LogP contribution in [0.4, 0.5) is 11.4 Å². The van der Waals surface area contributed by atoms with E-state index in [1.165, 1.54) is 24.5 Å². The van der Waals surface area contributed by atoms with Crippen LogP contribution in [0.25, 0.3) is 11.0 Å². The summed E-state index contributed by atoms with van der Waals surface area (Å²) in [6.07, 6.45) is 4.29. The molecular formula is C18H18N4O. The molecule has 2 aromatic heterocycles. The largest absolute Gasteiger partial charge is 0.355 e. The third kappa shape index (κ3) is 3.24. The molecule has 0 unspecified atom stereocenters. The molecule has 1 aliphatic rings. The van der Waals surface area contributed by atoms with Gasteiger partial charge in [-0.3, -0.25) is 4.79 Å². The number of hydrogen-bond acceptors (Lipinski definition) is 4. The van der Waals surface area contributed by atoms with Crippen molar-refractivity contribution in [3.05, 3.63) is 64.6 Å². The minimum absolute atomic E-state index is 0.144. The van der Waals surface area contributed by atoms with Gasteiger partial charge in [0, 0.05) is 35.9 Å². The van der Waals surface area contributed by atoms with E-state index in [4.69, 9.17) is 0 Å². The molecule has 23 heavy (non-hydrogen) atoms. The summed E-state index contributed by atoms with van der Waals surface area (Å²) in [6, 6.07) is 14.3. The van der Waals surface area contributed by atoms with Gasteiger partial charge >= 0.3 is 0 Å². The maximum absolute atomic E-state index is 11.4. The predicted molar refractivity (Wildman–Crippen MR) is 92.0 cm³/mol. The van der Waals surface area contributed by atoms with Gasteiger partial charge in [0.05, 0.1) is 5.69 Å². The van der Waals surface area contributed by atoms with E-state index < -0.39 is 0 Å². The Labute approximate surface area is 133 Å². The second kappa shape index (κ2) is 5.85. The van der Waals surface area contributed by atoms with Crippen LogP contribution in [0.1, 0.15) is 18.4 Å². The molecule has 0 bridgehead atoms. The zero-order valence-corrected chi connectivity index (χ0v) is 12.7. The van der Waals surface area contributed by atoms with Gasteiger partial charge in [-0.2, -0.15) is 0 Å². The first kappa shape index (κ1) is 14.0. The van der Waals surface area contributed by atoms with Gasteiger partial charge in [-0.05, 0) is 42.7 Å². The first-order valence-corrected chi connectivity index (χ1v) is 7.85. The van der Waals surface area contributed by atoms with Crippen molar-refractivity contribution >= 4 is 22.4 Å². The van der Waals surface area contributed by atoms with Crippen molar-refractivity contribution in [2.45, 2.75) is 25.4 Å². The molecule has 3 N–H and O–H groups in total. The lowest BCUT2D eigenvalue weighted by Gasteiger charge is -2.10. The molecule has 0 atom stereocenters. The van der Waals surface area contributed by atoms with Crippen LogP contribution in [0.5, 0.6) is 0 Å². The number of aromatic nitrogens is 2. The highest BCUT2D eigenvalue weighted by atomic mass is 16.1. The quantitative estimate of drug-likeness (QED) is 0.678. The Hall–Kier alpha value is -2.66. The second-order valence-electron chi connectivity index (χ2n) is 5.92. The van der Waals surface area contributed by atoms with Crippen LogP contribution in [-0.2, 0) is 6.54 Å². The molecule has 3 aromatic rings. The molecule has 0 saturated heterocycles. The molecule has 0 spiro atoms. The number of anilines is 2. The van der Waals surface area contributed by atoms with Crippen molar-refractivity contribution in [1.82, 2.24) is 15.3 Å². The van der Waals surface area contributed by atoms with Crippen LogP contribution in [0.2, 0.25) is 0 Å². The molecule has 0 amide bonds. The molecule has 5 nitrogen and oxygen atoms in total. The van der Waals surface area contributed by atoms with E-state index in [9.17, 15) is 4.79 Å². The number of fused-ring (bicyclic) bond motifs is 1. The number of H-pyrrole nitrogens is 1. The summed E-state index contributed by atoms with van der Waals surface area (Å²) < 4.78 is 0. The molecule has 0 radical (unpaired) electrons. The van der Waals surface area contributed by atoms with Gasteiger partial charge in [-0.25, -0.2) is 4.98 Å². The average molecular weight is 306 g/mol. The molecule has 2 heterocycles. The van der Waals surface area contributed by atoms with E-state index in [1.807, 2.05) is 6.07 Å². The summed E-state index contributed by atoms with van der Waals surface area (Å²) in [7, 11) is 0. The van der Waals surface area contributed by atoms with Crippen LogP contribution in [0, 0.1) is 0 Å². The number of benzene rings is 1. The minimum atomic E-state index is -0.144. The van der Waals surface area contributed by atoms with Crippen LogP contribution in [-0.4, -0.2) is 16.0 Å². The fourth-order valence-electron chi connectivity index (χ4n) is 2.58. The second-order valence-corrected chi connectivity index (χ2v) is 5.92. The Morgan fingerprint density at radius 3 is 2.70 bits per heavy atom. The third-order valence-electron chi connectivity index (χ3n) is 4.04. The summed E-state index contributed by atoms with van der Waals surface area (Å²) in [5.74, 6) is 0. The number of nitrogens with one attached hydrogen (secondary N) is 3. The van der Waals surface area contributed by atoms with Gasteiger partial charge in [-0.15, -0.1) is 0 Å². The van der Waals surface area contributed by atoms with Crippen molar-refractivity contribution in [3.8, 4) is 0 Å². The zero-order valence-electron chi connectivity index (χ0n) is 12.7. The standard InChI is InChI=1S/C18H18N4O/c23-17-8-7-15-16(9-10-19-18(15)22-17)21-14-3-1-12(2-4-14)11-20-13-5-6-13/h1-4,7-10,13,20H,5-6,11H2,(H2,19,21,22,23). The van der Waals surface area contributed by atoms with Gasteiger partial charge in [0.25, 0.3) is 0 Å². The van der Waals surface area contributed by atoms with E-state index in [0.717, 1.165) is 29.3 Å². The summed E-state index contributed by atoms with van der Waals surface area (Å²) in [5.41, 5.74) is 3.67. The summed E-state index contributed by atoms with van der Waals surface area (Å²) in [5, 5.41) is 7.79. The van der Waals surface area contributed by atoms with Crippen molar-refractivity contribution in [2.75, 3.05) is 5.32 Å². The van der Waals surface area contributed by atoms with Crippen molar-refractivity contribution in [3.63, 3.8) is 0 Å². The molecule has 1 saturated carbocycles. The first-order chi connectivity index (χ1) is 11.3. The zero-order chi connectivity index (χ0) is 15.6. The smallest absolute Gasteiger partial charge is 0.249 e. The topological polar surface area (TPSA) is 69.8 Å². The SMILES string of the molecule is O=c1ccc2c(Nc3ccc(CNC4CC4)cc3)ccnc2[nH]1. The monoisotopic (exact) mass is 306 g/mol. The summed E-state index contributed by atoms with van der Waals surface area (Å²) in [4.78, 5) is 18.3. The molecule has 1 fully saturated rings. The van der Waals surface area contributed by atoms with Crippen molar-refractivity contribution < 1.29 is 0 Å². The summed E-state index contributed by atoms with van der Waals surface area (Å²) >= 11 is 0. The van der Waals surface area contributed by atoms with E-state index in [1.54, 1.807) is 12.3 Å². The van der Waals surface area contributed by atoms with Crippen LogP contribution < -0.4 is 16.2 Å². The van der Waals surface area contributed by atoms with Crippen molar-refractivity contribution in [2.24, 2.45) is 0 Å². The Morgan fingerprint density at radius 2 is 1.91 bits per heavy atom. The Balaban J connectivity index is 1.54. The van der Waals surface area contributed by atoms with Gasteiger partial charge < -0.3 is 15.6 Å². The third-order valence-corrected chi connectivity index (χ3v) is 4.04. The van der Waals surface area contributed by atoms with E-state index in [-0.39, 0.29) is 5.56 Å². The molecule has 1 aliphatic carbocycles. The van der Waals surface area contributed by atoms with Gasteiger partial charge in [0.15, 0.2) is 0 Å². The fraction of sp³-hybridized carbons (Fsp3) is 0.222. The van der Waals surface area contributed by atoms with Crippen molar-refractivity contribution in [1.29, 1.82) is 0 Å². The fourth-order valence-corrected chi connectivity index (χ4v) is 2.58. The van der Waals surface area contributed by atoms with Gasteiger partial charge in [0.1, 0.15) is 5.65 Å². The summed E-state index contributed by atoms with van der Waals surface area (Å²) in [6.45, 7) is 0.921. The molecule has 5 heteroatoms. The maximum atomic E-state index is 11.4. The number of rotatable bonds is 5.